The van der Waals surface area contributed by atoms with Crippen LogP contribution in [0.2, 0.25) is 5.02 Å². The lowest BCUT2D eigenvalue weighted by molar-refractivity contribution is 0.0745. The van der Waals surface area contributed by atoms with E-state index in [4.69, 9.17) is 16.1 Å². The van der Waals surface area contributed by atoms with Gasteiger partial charge in [0.25, 0.3) is 5.91 Å². The number of rotatable bonds is 3. The van der Waals surface area contributed by atoms with Crippen molar-refractivity contribution in [2.75, 3.05) is 31.1 Å². The van der Waals surface area contributed by atoms with E-state index >= 15 is 0 Å². The summed E-state index contributed by atoms with van der Waals surface area (Å²) in [7, 11) is 0. The molecule has 1 aromatic heterocycles. The molecule has 1 aliphatic heterocycles. The normalized spacial score (nSPS) is 13.9. The van der Waals surface area contributed by atoms with Gasteiger partial charge in [-0.1, -0.05) is 41.0 Å². The molecule has 0 aliphatic carbocycles. The highest BCUT2D eigenvalue weighted by molar-refractivity contribution is 6.33. The number of nitrogens with zero attached hydrogens (tertiary/aromatic N) is 4. The molecular formula is C22H18ClFN4O2. The molecule has 152 valence electrons. The number of hydrogen-bond donors (Lipinski definition) is 0. The maximum atomic E-state index is 13.9. The predicted octanol–water partition coefficient (Wildman–Crippen LogP) is 4.28. The number of halogens is 2. The summed E-state index contributed by atoms with van der Waals surface area (Å²) in [6.07, 6.45) is 0. The van der Waals surface area contributed by atoms with Gasteiger partial charge in [0, 0.05) is 31.7 Å². The number of nitriles is 1. The molecule has 1 amide bonds. The molecule has 0 atom stereocenters. The standard InChI is InChI=1S/C22H18ClFN4O2/c1-14-20(21(26-30-14)15-5-2-3-6-17(15)23)22(29)28-11-9-27(10-12-28)19-8-4-7-18(24)16(19)13-25/h2-8H,9-12H2,1H3. The van der Waals surface area contributed by atoms with E-state index in [-0.39, 0.29) is 11.5 Å². The van der Waals surface area contributed by atoms with Gasteiger partial charge in [-0.2, -0.15) is 5.26 Å². The van der Waals surface area contributed by atoms with Crippen LogP contribution in [0.5, 0.6) is 0 Å². The van der Waals surface area contributed by atoms with Gasteiger partial charge in [-0.3, -0.25) is 4.79 Å². The average Bonchev–Trinajstić information content (AvgIpc) is 3.14. The first-order valence-corrected chi connectivity index (χ1v) is 9.83. The van der Waals surface area contributed by atoms with Crippen LogP contribution in [0, 0.1) is 24.1 Å². The monoisotopic (exact) mass is 424 g/mol. The van der Waals surface area contributed by atoms with Crippen LogP contribution in [0.15, 0.2) is 47.0 Å². The Morgan fingerprint density at radius 1 is 1.17 bits per heavy atom. The number of aryl methyl sites for hydroxylation is 1. The molecule has 1 saturated heterocycles. The molecule has 2 heterocycles. The highest BCUT2D eigenvalue weighted by Gasteiger charge is 2.30. The number of amides is 1. The summed E-state index contributed by atoms with van der Waals surface area (Å²) in [4.78, 5) is 16.9. The third kappa shape index (κ3) is 3.51. The van der Waals surface area contributed by atoms with Crippen molar-refractivity contribution >= 4 is 23.2 Å². The first-order chi connectivity index (χ1) is 14.5. The van der Waals surface area contributed by atoms with E-state index in [9.17, 15) is 14.4 Å². The van der Waals surface area contributed by atoms with Gasteiger partial charge in [0.05, 0.1) is 10.7 Å². The second-order valence-corrected chi connectivity index (χ2v) is 7.37. The molecule has 0 unspecified atom stereocenters. The molecule has 8 heteroatoms. The largest absolute Gasteiger partial charge is 0.367 e. The van der Waals surface area contributed by atoms with E-state index in [1.807, 2.05) is 17.0 Å². The zero-order chi connectivity index (χ0) is 21.3. The van der Waals surface area contributed by atoms with Gasteiger partial charge in [0.1, 0.15) is 34.5 Å². The van der Waals surface area contributed by atoms with Gasteiger partial charge in [0.15, 0.2) is 0 Å². The summed E-state index contributed by atoms with van der Waals surface area (Å²) in [5, 5.41) is 13.8. The van der Waals surface area contributed by atoms with Crippen LogP contribution in [0.4, 0.5) is 10.1 Å². The Morgan fingerprint density at radius 3 is 2.60 bits per heavy atom. The molecule has 2 aromatic carbocycles. The van der Waals surface area contributed by atoms with Gasteiger partial charge in [-0.15, -0.1) is 0 Å². The molecule has 6 nitrogen and oxygen atoms in total. The van der Waals surface area contributed by atoms with E-state index in [2.05, 4.69) is 5.16 Å². The Kier molecular flexibility index (Phi) is 5.42. The predicted molar refractivity (Wildman–Crippen MR) is 111 cm³/mol. The fraction of sp³-hybridized carbons (Fsp3) is 0.227. The molecule has 1 aliphatic rings. The summed E-state index contributed by atoms with van der Waals surface area (Å²) in [5.41, 5.74) is 2.01. The summed E-state index contributed by atoms with van der Waals surface area (Å²) in [6, 6.07) is 13.7. The fourth-order valence-electron chi connectivity index (χ4n) is 3.66. The Balaban J connectivity index is 1.56. The number of anilines is 1. The highest BCUT2D eigenvalue weighted by atomic mass is 35.5. The summed E-state index contributed by atoms with van der Waals surface area (Å²) >= 11 is 6.29. The van der Waals surface area contributed by atoms with Crippen LogP contribution >= 0.6 is 11.6 Å². The molecule has 0 bridgehead atoms. The van der Waals surface area contributed by atoms with Crippen molar-refractivity contribution in [3.63, 3.8) is 0 Å². The Labute approximate surface area is 178 Å². The Bertz CT molecular complexity index is 1150. The fourth-order valence-corrected chi connectivity index (χ4v) is 3.88. The first kappa shape index (κ1) is 19.9. The van der Waals surface area contributed by atoms with Crippen molar-refractivity contribution in [3.8, 4) is 17.3 Å². The van der Waals surface area contributed by atoms with Crippen LogP contribution in [0.25, 0.3) is 11.3 Å². The van der Waals surface area contributed by atoms with Crippen LogP contribution < -0.4 is 4.90 Å². The lowest BCUT2D eigenvalue weighted by Crippen LogP contribution is -2.49. The highest BCUT2D eigenvalue weighted by Crippen LogP contribution is 2.32. The SMILES string of the molecule is Cc1onc(-c2ccccc2Cl)c1C(=O)N1CCN(c2cccc(F)c2C#N)CC1. The van der Waals surface area contributed by atoms with Crippen molar-refractivity contribution in [2.45, 2.75) is 6.92 Å². The zero-order valence-electron chi connectivity index (χ0n) is 16.2. The Morgan fingerprint density at radius 2 is 1.90 bits per heavy atom. The number of benzene rings is 2. The minimum absolute atomic E-state index is 0.0214. The molecule has 3 aromatic rings. The number of aromatic nitrogens is 1. The summed E-state index contributed by atoms with van der Waals surface area (Å²) in [5.74, 6) is -0.310. The van der Waals surface area contributed by atoms with Crippen molar-refractivity contribution < 1.29 is 13.7 Å². The molecule has 4 rings (SSSR count). The van der Waals surface area contributed by atoms with E-state index in [0.717, 1.165) is 0 Å². The maximum Gasteiger partial charge on any atom is 0.259 e. The summed E-state index contributed by atoms with van der Waals surface area (Å²) in [6.45, 7) is 3.51. The lowest BCUT2D eigenvalue weighted by atomic mass is 10.0. The third-order valence-electron chi connectivity index (χ3n) is 5.22. The topological polar surface area (TPSA) is 73.4 Å². The third-order valence-corrected chi connectivity index (χ3v) is 5.55. The quantitative estimate of drug-likeness (QED) is 0.627. The smallest absolute Gasteiger partial charge is 0.259 e. The van der Waals surface area contributed by atoms with Gasteiger partial charge >= 0.3 is 0 Å². The van der Waals surface area contributed by atoms with Gasteiger partial charge in [-0.25, -0.2) is 4.39 Å². The van der Waals surface area contributed by atoms with Crippen molar-refractivity contribution in [1.29, 1.82) is 5.26 Å². The second kappa shape index (κ2) is 8.17. The van der Waals surface area contributed by atoms with Gasteiger partial charge in [0.2, 0.25) is 0 Å². The number of piperazine rings is 1. The molecule has 1 fully saturated rings. The van der Waals surface area contributed by atoms with Crippen molar-refractivity contribution in [2.24, 2.45) is 0 Å². The van der Waals surface area contributed by atoms with Crippen LogP contribution in [0.3, 0.4) is 0 Å². The maximum absolute atomic E-state index is 13.9. The lowest BCUT2D eigenvalue weighted by Gasteiger charge is -2.36. The van der Waals surface area contributed by atoms with E-state index in [1.54, 1.807) is 42.2 Å². The first-order valence-electron chi connectivity index (χ1n) is 9.45. The average molecular weight is 425 g/mol. The minimum atomic E-state index is -0.544. The summed E-state index contributed by atoms with van der Waals surface area (Å²) < 4.78 is 19.2. The van der Waals surface area contributed by atoms with Crippen molar-refractivity contribution in [3.05, 3.63) is 70.2 Å². The molecule has 30 heavy (non-hydrogen) atoms. The molecule has 0 radical (unpaired) electrons. The molecule has 0 spiro atoms. The van der Waals surface area contributed by atoms with E-state index in [1.165, 1.54) is 6.07 Å². The Hall–Kier alpha value is -3.37. The number of hydrogen-bond acceptors (Lipinski definition) is 5. The molecule has 0 N–H and O–H groups in total. The van der Waals surface area contributed by atoms with Gasteiger partial charge in [-0.05, 0) is 25.1 Å². The van der Waals surface area contributed by atoms with Crippen molar-refractivity contribution in [1.82, 2.24) is 10.1 Å². The van der Waals surface area contributed by atoms with Crippen LogP contribution in [-0.2, 0) is 0 Å². The zero-order valence-corrected chi connectivity index (χ0v) is 17.0. The van der Waals surface area contributed by atoms with E-state index in [0.29, 0.717) is 59.5 Å². The van der Waals surface area contributed by atoms with Gasteiger partial charge < -0.3 is 14.3 Å². The molecule has 0 saturated carbocycles. The minimum Gasteiger partial charge on any atom is -0.367 e. The number of carbonyl (C=O) groups is 1. The van der Waals surface area contributed by atoms with Crippen LogP contribution in [0.1, 0.15) is 21.7 Å². The second-order valence-electron chi connectivity index (χ2n) is 6.97. The van der Waals surface area contributed by atoms with Crippen LogP contribution in [-0.4, -0.2) is 42.1 Å². The molecular weight excluding hydrogens is 407 g/mol. The van der Waals surface area contributed by atoms with E-state index < -0.39 is 5.82 Å². The number of carbonyl (C=O) groups excluding carboxylic acids is 1.